The second kappa shape index (κ2) is 8.41. The largest absolute Gasteiger partial charge is 0.417 e. The van der Waals surface area contributed by atoms with Gasteiger partial charge in [-0.2, -0.15) is 18.4 Å². The standard InChI is InChI=1S/C22H20F4N4O2/c23-14-2-5-16(6-3-14)30-11-17-8-18(30)10-29(17)12-20(31)21(32)28-15-4-1-13(9-27)19(7-15)22(24,25)26/h1-7,17-18,20,31H,8,10-12H2,(H,28,32)/t17-,18-,20?/m0/s1. The van der Waals surface area contributed by atoms with Crippen LogP contribution in [0.5, 0.6) is 0 Å². The third-order valence-electron chi connectivity index (χ3n) is 5.94. The predicted molar refractivity (Wildman–Crippen MR) is 108 cm³/mol. The molecular weight excluding hydrogens is 428 g/mol. The zero-order valence-electron chi connectivity index (χ0n) is 16.8. The van der Waals surface area contributed by atoms with Crippen molar-refractivity contribution in [1.29, 1.82) is 5.26 Å². The minimum Gasteiger partial charge on any atom is -0.382 e. The number of aliphatic hydroxyl groups is 1. The lowest BCUT2D eigenvalue weighted by atomic mass is 10.1. The van der Waals surface area contributed by atoms with Gasteiger partial charge in [0.2, 0.25) is 0 Å². The zero-order chi connectivity index (χ0) is 23.0. The van der Waals surface area contributed by atoms with Crippen molar-refractivity contribution < 1.29 is 27.5 Å². The Hall–Kier alpha value is -3.16. The van der Waals surface area contributed by atoms with E-state index < -0.39 is 29.3 Å². The maximum absolute atomic E-state index is 13.2. The Morgan fingerprint density at radius 1 is 1.19 bits per heavy atom. The van der Waals surface area contributed by atoms with E-state index in [4.69, 9.17) is 5.26 Å². The highest BCUT2D eigenvalue weighted by Crippen LogP contribution is 2.35. The van der Waals surface area contributed by atoms with Crippen LogP contribution in [0.25, 0.3) is 0 Å². The minimum absolute atomic E-state index is 0.0483. The van der Waals surface area contributed by atoms with E-state index in [0.717, 1.165) is 18.2 Å². The molecule has 2 saturated heterocycles. The first-order valence-corrected chi connectivity index (χ1v) is 10.0. The summed E-state index contributed by atoms with van der Waals surface area (Å²) in [6.07, 6.45) is -5.33. The number of rotatable bonds is 5. The lowest BCUT2D eigenvalue weighted by Gasteiger charge is -2.36. The van der Waals surface area contributed by atoms with Crippen LogP contribution < -0.4 is 10.2 Å². The Bertz CT molecular complexity index is 1050. The molecule has 0 aromatic heterocycles. The fourth-order valence-electron chi connectivity index (χ4n) is 4.41. The summed E-state index contributed by atoms with van der Waals surface area (Å²) in [4.78, 5) is 16.5. The number of anilines is 2. The normalized spacial score (nSPS) is 21.4. The summed E-state index contributed by atoms with van der Waals surface area (Å²) in [6, 6.07) is 10.9. The molecule has 10 heteroatoms. The number of aliphatic hydroxyl groups excluding tert-OH is 1. The van der Waals surface area contributed by atoms with Crippen LogP contribution in [0.2, 0.25) is 0 Å². The van der Waals surface area contributed by atoms with Gasteiger partial charge in [-0.25, -0.2) is 4.39 Å². The van der Waals surface area contributed by atoms with Crippen LogP contribution in [0.4, 0.5) is 28.9 Å². The SMILES string of the molecule is N#Cc1ccc(NC(=O)C(O)CN2C[C@@H]3C[C@H]2CN3c2ccc(F)cc2)cc1C(F)(F)F. The molecule has 168 valence electrons. The minimum atomic E-state index is -4.74. The van der Waals surface area contributed by atoms with E-state index in [2.05, 4.69) is 10.2 Å². The number of likely N-dealkylation sites (tertiary alicyclic amines) is 1. The van der Waals surface area contributed by atoms with Gasteiger partial charge in [-0.1, -0.05) is 0 Å². The molecule has 1 amide bonds. The first-order valence-electron chi connectivity index (χ1n) is 10.0. The third kappa shape index (κ3) is 4.40. The molecule has 6 nitrogen and oxygen atoms in total. The monoisotopic (exact) mass is 448 g/mol. The van der Waals surface area contributed by atoms with Gasteiger partial charge in [0.25, 0.3) is 5.91 Å². The van der Waals surface area contributed by atoms with Crippen LogP contribution in [-0.4, -0.2) is 53.7 Å². The van der Waals surface area contributed by atoms with Gasteiger partial charge in [-0.15, -0.1) is 0 Å². The molecule has 4 rings (SSSR count). The summed E-state index contributed by atoms with van der Waals surface area (Å²) in [6.45, 7) is 1.34. The van der Waals surface area contributed by atoms with Crippen molar-refractivity contribution >= 4 is 17.3 Å². The second-order valence-electron chi connectivity index (χ2n) is 8.00. The Balaban J connectivity index is 1.36. The van der Waals surface area contributed by atoms with Gasteiger partial charge in [0.05, 0.1) is 17.2 Å². The number of halogens is 4. The van der Waals surface area contributed by atoms with Crippen LogP contribution in [0.1, 0.15) is 17.5 Å². The van der Waals surface area contributed by atoms with Crippen LogP contribution in [0, 0.1) is 17.1 Å². The number of hydrogen-bond acceptors (Lipinski definition) is 5. The number of amides is 1. The van der Waals surface area contributed by atoms with Gasteiger partial charge in [0.15, 0.2) is 0 Å². The number of benzene rings is 2. The zero-order valence-corrected chi connectivity index (χ0v) is 16.8. The predicted octanol–water partition coefficient (Wildman–Crippen LogP) is 2.98. The van der Waals surface area contributed by atoms with E-state index in [0.29, 0.717) is 19.2 Å². The number of β-amino-alcohol motifs (C(OH)–C–C–N with tert-alkyl or cyclic N) is 1. The number of nitrogens with one attached hydrogen (secondary N) is 1. The second-order valence-corrected chi connectivity index (χ2v) is 8.00. The highest BCUT2D eigenvalue weighted by atomic mass is 19.4. The van der Waals surface area contributed by atoms with Crippen molar-refractivity contribution in [1.82, 2.24) is 4.90 Å². The molecule has 2 aliphatic heterocycles. The number of fused-ring (bicyclic) bond motifs is 2. The van der Waals surface area contributed by atoms with Gasteiger partial charge in [0, 0.05) is 43.1 Å². The van der Waals surface area contributed by atoms with E-state index in [1.54, 1.807) is 12.1 Å². The number of hydrogen-bond donors (Lipinski definition) is 2. The molecule has 32 heavy (non-hydrogen) atoms. The lowest BCUT2D eigenvalue weighted by Crippen LogP contribution is -2.50. The van der Waals surface area contributed by atoms with E-state index in [9.17, 15) is 27.5 Å². The molecule has 2 N–H and O–H groups in total. The van der Waals surface area contributed by atoms with Gasteiger partial charge in [0.1, 0.15) is 11.9 Å². The molecule has 2 heterocycles. The first kappa shape index (κ1) is 22.0. The smallest absolute Gasteiger partial charge is 0.382 e. The Labute approximate surface area is 181 Å². The maximum atomic E-state index is 13.2. The summed E-state index contributed by atoms with van der Waals surface area (Å²) in [5, 5.41) is 21.5. The molecule has 3 atom stereocenters. The van der Waals surface area contributed by atoms with Gasteiger partial charge < -0.3 is 15.3 Å². The Morgan fingerprint density at radius 2 is 1.91 bits per heavy atom. The maximum Gasteiger partial charge on any atom is 0.417 e. The fourth-order valence-corrected chi connectivity index (χ4v) is 4.41. The summed E-state index contributed by atoms with van der Waals surface area (Å²) in [5.74, 6) is -1.13. The van der Waals surface area contributed by atoms with Crippen molar-refractivity contribution in [2.75, 3.05) is 29.9 Å². The van der Waals surface area contributed by atoms with E-state index >= 15 is 0 Å². The van der Waals surface area contributed by atoms with Crippen molar-refractivity contribution in [3.63, 3.8) is 0 Å². The van der Waals surface area contributed by atoms with Gasteiger partial charge >= 0.3 is 6.18 Å². The first-order chi connectivity index (χ1) is 15.2. The van der Waals surface area contributed by atoms with E-state index in [-0.39, 0.29) is 30.1 Å². The molecule has 0 aliphatic carbocycles. The summed E-state index contributed by atoms with van der Waals surface area (Å²) >= 11 is 0. The molecule has 0 radical (unpaired) electrons. The Morgan fingerprint density at radius 3 is 2.50 bits per heavy atom. The highest BCUT2D eigenvalue weighted by molar-refractivity contribution is 5.94. The number of piperazine rings is 1. The van der Waals surface area contributed by atoms with E-state index in [1.807, 2.05) is 4.90 Å². The molecule has 0 saturated carbocycles. The van der Waals surface area contributed by atoms with Crippen LogP contribution >= 0.6 is 0 Å². The quantitative estimate of drug-likeness (QED) is 0.688. The Kier molecular flexibility index (Phi) is 5.79. The van der Waals surface area contributed by atoms with Crippen molar-refractivity contribution in [3.05, 3.63) is 59.4 Å². The van der Waals surface area contributed by atoms with Crippen LogP contribution in [-0.2, 0) is 11.0 Å². The van der Waals surface area contributed by atoms with Crippen molar-refractivity contribution in [2.24, 2.45) is 0 Å². The number of nitriles is 1. The summed E-state index contributed by atoms with van der Waals surface area (Å²) in [5.41, 5.74) is -0.927. The molecule has 2 aromatic rings. The van der Waals surface area contributed by atoms with Crippen molar-refractivity contribution in [3.8, 4) is 6.07 Å². The molecule has 2 fully saturated rings. The average Bonchev–Trinajstić information content (AvgIpc) is 3.34. The number of alkyl halides is 3. The van der Waals surface area contributed by atoms with Crippen molar-refractivity contribution in [2.45, 2.75) is 30.8 Å². The summed E-state index contributed by atoms with van der Waals surface area (Å²) in [7, 11) is 0. The highest BCUT2D eigenvalue weighted by Gasteiger charge is 2.44. The van der Waals surface area contributed by atoms with Crippen LogP contribution in [0.3, 0.4) is 0 Å². The molecule has 1 unspecified atom stereocenters. The van der Waals surface area contributed by atoms with Gasteiger partial charge in [-0.05, 0) is 48.9 Å². The molecular formula is C22H20F4N4O2. The molecule has 2 aliphatic rings. The molecule has 0 spiro atoms. The summed E-state index contributed by atoms with van der Waals surface area (Å²) < 4.78 is 52.5. The average molecular weight is 448 g/mol. The number of carbonyl (C=O) groups excluding carboxylic acids is 1. The van der Waals surface area contributed by atoms with E-state index in [1.165, 1.54) is 24.3 Å². The molecule has 2 bridgehead atoms. The lowest BCUT2D eigenvalue weighted by molar-refractivity contribution is -0.137. The third-order valence-corrected chi connectivity index (χ3v) is 5.94. The topological polar surface area (TPSA) is 79.6 Å². The van der Waals surface area contributed by atoms with Crippen LogP contribution in [0.15, 0.2) is 42.5 Å². The fraction of sp³-hybridized carbons (Fsp3) is 0.364. The number of nitrogens with zero attached hydrogens (tertiary/aromatic N) is 3. The van der Waals surface area contributed by atoms with Gasteiger partial charge in [-0.3, -0.25) is 9.69 Å². The molecule has 2 aromatic carbocycles. The number of carbonyl (C=O) groups is 1.